The fourth-order valence-electron chi connectivity index (χ4n) is 3.94. The van der Waals surface area contributed by atoms with E-state index in [0.717, 1.165) is 51.4 Å². The summed E-state index contributed by atoms with van der Waals surface area (Å²) in [6.07, 6.45) is 12.8. The van der Waals surface area contributed by atoms with Crippen LogP contribution in [0.3, 0.4) is 0 Å². The van der Waals surface area contributed by atoms with Gasteiger partial charge < -0.3 is 5.11 Å². The van der Waals surface area contributed by atoms with Gasteiger partial charge in [0, 0.05) is 0 Å². The SMILES string of the molecule is N#Cc1c(O)[n+](C2CCCCC2)cn(C2CCCCC2)c1=O. The molecule has 0 spiro atoms. The van der Waals surface area contributed by atoms with Gasteiger partial charge in [-0.1, -0.05) is 12.8 Å². The lowest BCUT2D eigenvalue weighted by Crippen LogP contribution is -2.47. The highest BCUT2D eigenvalue weighted by Crippen LogP contribution is 2.29. The van der Waals surface area contributed by atoms with Crippen molar-refractivity contribution >= 4 is 0 Å². The molecule has 5 heteroatoms. The molecule has 3 rings (SSSR count). The van der Waals surface area contributed by atoms with E-state index in [2.05, 4.69) is 0 Å². The Hall–Kier alpha value is -1.83. The lowest BCUT2D eigenvalue weighted by Gasteiger charge is -2.24. The third-order valence-corrected chi connectivity index (χ3v) is 5.21. The first-order valence-electron chi connectivity index (χ1n) is 8.51. The first kappa shape index (κ1) is 15.1. The molecule has 1 aromatic heterocycles. The van der Waals surface area contributed by atoms with Crippen molar-refractivity contribution in [3.8, 4) is 11.9 Å². The molecular formula is C17H24N3O2+. The predicted molar refractivity (Wildman–Crippen MR) is 81.5 cm³/mol. The number of aromatic hydroxyl groups is 1. The van der Waals surface area contributed by atoms with Gasteiger partial charge >= 0.3 is 11.4 Å². The van der Waals surface area contributed by atoms with E-state index in [1.165, 1.54) is 12.8 Å². The van der Waals surface area contributed by atoms with Crippen LogP contribution in [0.1, 0.15) is 81.9 Å². The van der Waals surface area contributed by atoms with Gasteiger partial charge in [-0.05, 0) is 51.4 Å². The molecule has 5 nitrogen and oxygen atoms in total. The molecule has 0 unspecified atom stereocenters. The molecule has 0 saturated heterocycles. The van der Waals surface area contributed by atoms with Crippen LogP contribution in [0.4, 0.5) is 0 Å². The molecule has 0 aromatic carbocycles. The number of nitrogens with zero attached hydrogens (tertiary/aromatic N) is 3. The van der Waals surface area contributed by atoms with Gasteiger partial charge in [-0.25, -0.2) is 4.79 Å². The summed E-state index contributed by atoms with van der Waals surface area (Å²) in [5, 5.41) is 19.7. The minimum atomic E-state index is -0.334. The third-order valence-electron chi connectivity index (χ3n) is 5.21. The molecule has 1 N–H and O–H groups in total. The summed E-state index contributed by atoms with van der Waals surface area (Å²) in [5.41, 5.74) is -0.433. The predicted octanol–water partition coefficient (Wildman–Crippen LogP) is 2.72. The molecule has 22 heavy (non-hydrogen) atoms. The fraction of sp³-hybridized carbons (Fsp3) is 0.706. The lowest BCUT2D eigenvalue weighted by molar-refractivity contribution is -0.734. The number of hydrogen-bond acceptors (Lipinski definition) is 3. The van der Waals surface area contributed by atoms with E-state index in [9.17, 15) is 15.2 Å². The molecule has 0 atom stereocenters. The van der Waals surface area contributed by atoms with E-state index in [1.54, 1.807) is 15.5 Å². The molecule has 2 saturated carbocycles. The quantitative estimate of drug-likeness (QED) is 0.854. The zero-order valence-corrected chi connectivity index (χ0v) is 13.0. The summed E-state index contributed by atoms with van der Waals surface area (Å²) in [6, 6.07) is 2.29. The molecule has 0 amide bonds. The van der Waals surface area contributed by atoms with E-state index < -0.39 is 0 Å². The van der Waals surface area contributed by atoms with Crippen LogP contribution in [0.2, 0.25) is 0 Å². The van der Waals surface area contributed by atoms with Crippen LogP contribution in [0, 0.1) is 11.3 Å². The second-order valence-electron chi connectivity index (χ2n) is 6.63. The van der Waals surface area contributed by atoms with Crippen LogP contribution < -0.4 is 10.1 Å². The number of nitriles is 1. The Morgan fingerprint density at radius 3 is 2.27 bits per heavy atom. The molecule has 0 aliphatic heterocycles. The maximum absolute atomic E-state index is 12.5. The van der Waals surface area contributed by atoms with Crippen LogP contribution in [-0.4, -0.2) is 9.67 Å². The molecule has 2 fully saturated rings. The van der Waals surface area contributed by atoms with Crippen molar-refractivity contribution in [2.24, 2.45) is 0 Å². The van der Waals surface area contributed by atoms with E-state index >= 15 is 0 Å². The Balaban J connectivity index is 2.05. The molecule has 0 radical (unpaired) electrons. The topological polar surface area (TPSA) is 69.9 Å². The van der Waals surface area contributed by atoms with Crippen molar-refractivity contribution in [3.63, 3.8) is 0 Å². The minimum absolute atomic E-state index is 0.0985. The summed E-state index contributed by atoms with van der Waals surface area (Å²) in [5.74, 6) is -0.147. The van der Waals surface area contributed by atoms with Crippen LogP contribution >= 0.6 is 0 Å². The Morgan fingerprint density at radius 1 is 1.09 bits per heavy atom. The standard InChI is InChI=1S/C17H23N3O2/c18-11-15-16(21)19(13-7-3-1-4-8-13)12-20(17(15)22)14-9-5-2-6-10-14/h12-14H,1-10H2/p+1. The van der Waals surface area contributed by atoms with Crippen molar-refractivity contribution in [1.82, 2.24) is 4.57 Å². The van der Waals surface area contributed by atoms with Crippen molar-refractivity contribution in [2.45, 2.75) is 76.3 Å². The Labute approximate surface area is 130 Å². The first-order chi connectivity index (χ1) is 10.7. The lowest BCUT2D eigenvalue weighted by atomic mass is 9.94. The molecule has 2 aliphatic rings. The van der Waals surface area contributed by atoms with E-state index in [1.807, 2.05) is 6.07 Å². The molecule has 1 aromatic rings. The first-order valence-corrected chi connectivity index (χ1v) is 8.51. The van der Waals surface area contributed by atoms with Crippen LogP contribution in [0.25, 0.3) is 0 Å². The monoisotopic (exact) mass is 302 g/mol. The maximum atomic E-state index is 12.5. The van der Waals surface area contributed by atoms with Gasteiger partial charge in [0.25, 0.3) is 0 Å². The van der Waals surface area contributed by atoms with E-state index in [-0.39, 0.29) is 29.1 Å². The zero-order chi connectivity index (χ0) is 15.5. The third kappa shape index (κ3) is 2.75. The second kappa shape index (κ2) is 6.51. The smallest absolute Gasteiger partial charge is 0.359 e. The van der Waals surface area contributed by atoms with Gasteiger partial charge in [0.1, 0.15) is 18.2 Å². The van der Waals surface area contributed by atoms with Gasteiger partial charge in [-0.2, -0.15) is 14.4 Å². The van der Waals surface area contributed by atoms with Gasteiger partial charge in [0.15, 0.2) is 0 Å². The summed E-state index contributed by atoms with van der Waals surface area (Å²) in [7, 11) is 0. The average Bonchev–Trinajstić information content (AvgIpc) is 2.57. The van der Waals surface area contributed by atoms with Crippen LogP contribution in [0.5, 0.6) is 5.88 Å². The highest BCUT2D eigenvalue weighted by atomic mass is 16.3. The van der Waals surface area contributed by atoms with Crippen molar-refractivity contribution in [2.75, 3.05) is 0 Å². The van der Waals surface area contributed by atoms with Crippen LogP contribution in [-0.2, 0) is 0 Å². The Bertz CT molecular complexity index is 633. The minimum Gasteiger partial charge on any atom is -0.477 e. The highest BCUT2D eigenvalue weighted by Gasteiger charge is 2.31. The Kier molecular flexibility index (Phi) is 4.47. The second-order valence-corrected chi connectivity index (χ2v) is 6.63. The fourth-order valence-corrected chi connectivity index (χ4v) is 3.94. The molecule has 0 bridgehead atoms. The number of hydrogen-bond donors (Lipinski definition) is 1. The van der Waals surface area contributed by atoms with Crippen molar-refractivity contribution in [1.29, 1.82) is 5.26 Å². The molecule has 118 valence electrons. The van der Waals surface area contributed by atoms with E-state index in [0.29, 0.717) is 0 Å². The number of rotatable bonds is 2. The zero-order valence-electron chi connectivity index (χ0n) is 13.0. The van der Waals surface area contributed by atoms with Gasteiger partial charge in [0.2, 0.25) is 11.9 Å². The van der Waals surface area contributed by atoms with E-state index in [4.69, 9.17) is 0 Å². The Morgan fingerprint density at radius 2 is 1.68 bits per heavy atom. The molecule has 1 heterocycles. The summed E-state index contributed by atoms with van der Waals surface area (Å²) < 4.78 is 3.50. The molecule has 2 aliphatic carbocycles. The van der Waals surface area contributed by atoms with Crippen molar-refractivity contribution < 1.29 is 9.67 Å². The number of aromatic nitrogens is 2. The largest absolute Gasteiger partial charge is 0.477 e. The van der Waals surface area contributed by atoms with Crippen LogP contribution in [0.15, 0.2) is 11.1 Å². The van der Waals surface area contributed by atoms with Crippen molar-refractivity contribution in [3.05, 3.63) is 22.2 Å². The summed E-state index contributed by atoms with van der Waals surface area (Å²) in [6.45, 7) is 0. The van der Waals surface area contributed by atoms with Gasteiger partial charge in [-0.15, -0.1) is 0 Å². The van der Waals surface area contributed by atoms with Gasteiger partial charge in [0.05, 0.1) is 0 Å². The normalized spacial score (nSPS) is 20.7. The van der Waals surface area contributed by atoms with Gasteiger partial charge in [-0.3, -0.25) is 0 Å². The maximum Gasteiger partial charge on any atom is 0.359 e. The summed E-state index contributed by atoms with van der Waals surface area (Å²) in [4.78, 5) is 12.5. The highest BCUT2D eigenvalue weighted by molar-refractivity contribution is 5.31. The molecular weight excluding hydrogens is 278 g/mol. The average molecular weight is 302 g/mol. The summed E-state index contributed by atoms with van der Waals surface area (Å²) >= 11 is 0.